The molecule has 1 heterocycles. The molecule has 0 radical (unpaired) electrons. The molecule has 0 bridgehead atoms. The van der Waals surface area contributed by atoms with Gasteiger partial charge in [0.2, 0.25) is 0 Å². The van der Waals surface area contributed by atoms with Crippen molar-refractivity contribution >= 4 is 5.96 Å². The number of aryl methyl sites for hydroxylation is 1. The van der Waals surface area contributed by atoms with E-state index in [1.54, 1.807) is 0 Å². The molecule has 0 amide bonds. The maximum absolute atomic E-state index is 4.41. The minimum atomic E-state index is 0.622. The molecule has 4 heteroatoms. The highest BCUT2D eigenvalue weighted by molar-refractivity contribution is 5.79. The zero-order chi connectivity index (χ0) is 16.4. The molecule has 1 saturated heterocycles. The van der Waals surface area contributed by atoms with Gasteiger partial charge in [0.15, 0.2) is 5.96 Å². The lowest BCUT2D eigenvalue weighted by Crippen LogP contribution is -2.41. The fraction of sp³-hybridized carbons (Fsp3) is 0.650. The van der Waals surface area contributed by atoms with Gasteiger partial charge >= 0.3 is 0 Å². The Bertz CT molecular complexity index is 593. The molecule has 4 nitrogen and oxygen atoms in total. The third-order valence-corrected chi connectivity index (χ3v) is 5.94. The summed E-state index contributed by atoms with van der Waals surface area (Å²) in [4.78, 5) is 7.09. The predicted molar refractivity (Wildman–Crippen MR) is 99.6 cm³/mol. The van der Waals surface area contributed by atoms with Gasteiger partial charge in [0.1, 0.15) is 0 Å². The zero-order valence-electron chi connectivity index (χ0n) is 14.8. The number of likely N-dealkylation sites (tertiary alicyclic amines) is 1. The topological polar surface area (TPSA) is 39.7 Å². The van der Waals surface area contributed by atoms with E-state index in [4.69, 9.17) is 0 Å². The molecule has 1 saturated carbocycles. The van der Waals surface area contributed by atoms with Gasteiger partial charge in [0, 0.05) is 38.6 Å². The summed E-state index contributed by atoms with van der Waals surface area (Å²) >= 11 is 0. The summed E-state index contributed by atoms with van der Waals surface area (Å²) in [6.07, 6.45) is 6.64. The first-order valence-corrected chi connectivity index (χ1v) is 9.60. The summed E-state index contributed by atoms with van der Waals surface area (Å²) in [5.74, 6) is 2.36. The van der Waals surface area contributed by atoms with E-state index in [1.807, 2.05) is 7.05 Å². The number of hydrogen-bond donors (Lipinski definition) is 2. The molecule has 2 N–H and O–H groups in total. The summed E-state index contributed by atoms with van der Waals surface area (Å²) in [6.45, 7) is 4.59. The van der Waals surface area contributed by atoms with E-state index in [-0.39, 0.29) is 0 Å². The maximum atomic E-state index is 4.41. The smallest absolute Gasteiger partial charge is 0.191 e. The van der Waals surface area contributed by atoms with Gasteiger partial charge in [-0.15, -0.1) is 0 Å². The maximum Gasteiger partial charge on any atom is 0.191 e. The first-order chi connectivity index (χ1) is 11.8. The van der Waals surface area contributed by atoms with Gasteiger partial charge in [0.25, 0.3) is 0 Å². The van der Waals surface area contributed by atoms with Crippen molar-refractivity contribution in [1.82, 2.24) is 15.5 Å². The molecule has 0 spiro atoms. The van der Waals surface area contributed by atoms with Gasteiger partial charge in [-0.05, 0) is 55.7 Å². The second kappa shape index (κ2) is 7.14. The van der Waals surface area contributed by atoms with Crippen molar-refractivity contribution in [2.45, 2.75) is 44.1 Å². The fourth-order valence-corrected chi connectivity index (χ4v) is 4.34. The van der Waals surface area contributed by atoms with Gasteiger partial charge in [-0.1, -0.05) is 24.3 Å². The van der Waals surface area contributed by atoms with Gasteiger partial charge in [-0.25, -0.2) is 0 Å². The van der Waals surface area contributed by atoms with Crippen LogP contribution >= 0.6 is 0 Å². The Morgan fingerprint density at radius 3 is 2.79 bits per heavy atom. The van der Waals surface area contributed by atoms with Crippen LogP contribution in [0.3, 0.4) is 0 Å². The Kier molecular flexibility index (Phi) is 4.74. The fourth-order valence-electron chi connectivity index (χ4n) is 4.34. The van der Waals surface area contributed by atoms with Crippen LogP contribution in [0.25, 0.3) is 0 Å². The van der Waals surface area contributed by atoms with Gasteiger partial charge in [0.05, 0.1) is 0 Å². The van der Waals surface area contributed by atoms with Crippen molar-refractivity contribution in [3.8, 4) is 0 Å². The highest BCUT2D eigenvalue weighted by Crippen LogP contribution is 2.32. The molecule has 2 fully saturated rings. The molecule has 2 unspecified atom stereocenters. The minimum absolute atomic E-state index is 0.622. The van der Waals surface area contributed by atoms with Crippen molar-refractivity contribution in [1.29, 1.82) is 0 Å². The lowest BCUT2D eigenvalue weighted by molar-refractivity contribution is 0.314. The van der Waals surface area contributed by atoms with Gasteiger partial charge < -0.3 is 15.5 Å². The molecule has 1 aromatic rings. The van der Waals surface area contributed by atoms with Crippen molar-refractivity contribution in [2.75, 3.05) is 33.2 Å². The zero-order valence-corrected chi connectivity index (χ0v) is 14.8. The third kappa shape index (κ3) is 3.59. The Labute approximate surface area is 145 Å². The Balaban J connectivity index is 1.22. The van der Waals surface area contributed by atoms with E-state index in [9.17, 15) is 0 Å². The number of benzene rings is 1. The molecule has 2 atom stereocenters. The van der Waals surface area contributed by atoms with Crippen LogP contribution in [0.2, 0.25) is 0 Å². The molecule has 3 aliphatic rings. The van der Waals surface area contributed by atoms with E-state index >= 15 is 0 Å². The van der Waals surface area contributed by atoms with Crippen LogP contribution in [-0.4, -0.2) is 50.1 Å². The minimum Gasteiger partial charge on any atom is -0.356 e. The quantitative estimate of drug-likeness (QED) is 0.645. The van der Waals surface area contributed by atoms with Crippen LogP contribution < -0.4 is 10.6 Å². The molecule has 24 heavy (non-hydrogen) atoms. The number of rotatable bonds is 5. The van der Waals surface area contributed by atoms with Crippen molar-refractivity contribution in [3.05, 3.63) is 35.4 Å². The summed E-state index contributed by atoms with van der Waals surface area (Å²) in [6, 6.07) is 9.79. The van der Waals surface area contributed by atoms with Gasteiger partial charge in [-0.3, -0.25) is 4.99 Å². The Hall–Kier alpha value is -1.55. The van der Waals surface area contributed by atoms with Crippen molar-refractivity contribution < 1.29 is 0 Å². The number of nitrogens with zero attached hydrogens (tertiary/aromatic N) is 2. The number of guanidine groups is 1. The lowest BCUT2D eigenvalue weighted by Gasteiger charge is -2.19. The number of hydrogen-bond acceptors (Lipinski definition) is 2. The normalized spacial score (nSPS) is 27.3. The highest BCUT2D eigenvalue weighted by Gasteiger charge is 2.34. The number of nitrogens with one attached hydrogen (secondary N) is 2. The van der Waals surface area contributed by atoms with Crippen LogP contribution in [0.1, 0.15) is 42.7 Å². The molecular weight excluding hydrogens is 296 g/mol. The largest absolute Gasteiger partial charge is 0.356 e. The second-order valence-electron chi connectivity index (χ2n) is 7.65. The SMILES string of the molecule is CN=C(NCC1CCN(C2CC2)C1)NCC1CCc2ccccc21. The van der Waals surface area contributed by atoms with Crippen molar-refractivity contribution in [3.63, 3.8) is 0 Å². The van der Waals surface area contributed by atoms with E-state index < -0.39 is 0 Å². The summed E-state index contributed by atoms with van der Waals surface area (Å²) in [7, 11) is 1.88. The molecule has 130 valence electrons. The summed E-state index contributed by atoms with van der Waals surface area (Å²) in [5.41, 5.74) is 3.05. The lowest BCUT2D eigenvalue weighted by atomic mass is 10.0. The monoisotopic (exact) mass is 326 g/mol. The molecule has 4 rings (SSSR count). The Morgan fingerprint density at radius 2 is 1.96 bits per heavy atom. The predicted octanol–water partition coefficient (Wildman–Crippen LogP) is 2.37. The van der Waals surface area contributed by atoms with Crippen LogP contribution in [0.15, 0.2) is 29.3 Å². The average molecular weight is 326 g/mol. The van der Waals surface area contributed by atoms with E-state index in [1.165, 1.54) is 56.3 Å². The molecule has 2 aliphatic carbocycles. The van der Waals surface area contributed by atoms with Crippen LogP contribution in [0, 0.1) is 5.92 Å². The molecule has 0 aromatic heterocycles. The van der Waals surface area contributed by atoms with E-state index in [0.29, 0.717) is 5.92 Å². The second-order valence-corrected chi connectivity index (χ2v) is 7.65. The van der Waals surface area contributed by atoms with E-state index in [2.05, 4.69) is 44.8 Å². The van der Waals surface area contributed by atoms with Crippen molar-refractivity contribution in [2.24, 2.45) is 10.9 Å². The molecular formula is C20H30N4. The molecule has 1 aliphatic heterocycles. The first-order valence-electron chi connectivity index (χ1n) is 9.60. The first kappa shape index (κ1) is 15.9. The number of aliphatic imine (C=N–C) groups is 1. The molecule has 1 aromatic carbocycles. The Morgan fingerprint density at radius 1 is 1.12 bits per heavy atom. The van der Waals surface area contributed by atoms with E-state index in [0.717, 1.165) is 31.0 Å². The average Bonchev–Trinajstić information content (AvgIpc) is 3.22. The summed E-state index contributed by atoms with van der Waals surface area (Å²) in [5, 5.41) is 7.10. The third-order valence-electron chi connectivity index (χ3n) is 5.94. The van der Waals surface area contributed by atoms with Crippen LogP contribution in [-0.2, 0) is 6.42 Å². The van der Waals surface area contributed by atoms with Crippen LogP contribution in [0.5, 0.6) is 0 Å². The highest BCUT2D eigenvalue weighted by atomic mass is 15.2. The number of fused-ring (bicyclic) bond motifs is 1. The van der Waals surface area contributed by atoms with Crippen LogP contribution in [0.4, 0.5) is 0 Å². The standard InChI is InChI=1S/C20H30N4/c1-21-20(22-12-15-10-11-24(14-15)18-8-9-18)23-13-17-7-6-16-4-2-3-5-19(16)17/h2-5,15,17-18H,6-14H2,1H3,(H2,21,22,23). The van der Waals surface area contributed by atoms with Gasteiger partial charge in [-0.2, -0.15) is 0 Å². The summed E-state index contributed by atoms with van der Waals surface area (Å²) < 4.78 is 0.